The molecule has 0 fully saturated rings. The van der Waals surface area contributed by atoms with E-state index in [2.05, 4.69) is 13.2 Å². The molecule has 0 radical (unpaired) electrons. The van der Waals surface area contributed by atoms with E-state index in [1.807, 2.05) is 13.8 Å². The number of rotatable bonds is 6. The van der Waals surface area contributed by atoms with Crippen molar-refractivity contribution in [3.63, 3.8) is 0 Å². The zero-order valence-corrected chi connectivity index (χ0v) is 9.95. The van der Waals surface area contributed by atoms with Crippen LogP contribution in [0, 0.1) is 0 Å². The summed E-state index contributed by atoms with van der Waals surface area (Å²) >= 11 is 0. The van der Waals surface area contributed by atoms with E-state index in [1.165, 1.54) is 0 Å². The first kappa shape index (κ1) is 16.8. The summed E-state index contributed by atoms with van der Waals surface area (Å²) in [5.41, 5.74) is 0.597. The van der Waals surface area contributed by atoms with Crippen LogP contribution in [-0.2, 0) is 9.59 Å². The molecular formula is C12H20O4. The molecule has 0 unspecified atom stereocenters. The van der Waals surface area contributed by atoms with E-state index in [9.17, 15) is 9.59 Å². The molecule has 0 heterocycles. The van der Waals surface area contributed by atoms with Crippen LogP contribution in [0.3, 0.4) is 0 Å². The average Bonchev–Trinajstić information content (AvgIpc) is 2.19. The van der Waals surface area contributed by atoms with Crippen LogP contribution in [0.25, 0.3) is 0 Å². The summed E-state index contributed by atoms with van der Waals surface area (Å²) in [4.78, 5) is 20.0. The van der Waals surface area contributed by atoms with E-state index in [4.69, 9.17) is 10.2 Å². The highest BCUT2D eigenvalue weighted by atomic mass is 16.4. The third-order valence-electron chi connectivity index (χ3n) is 1.71. The van der Waals surface area contributed by atoms with Gasteiger partial charge in [0.25, 0.3) is 0 Å². The maximum absolute atomic E-state index is 9.99. The Bertz CT molecular complexity index is 238. The topological polar surface area (TPSA) is 74.6 Å². The number of aliphatic carboxylic acids is 2. The second kappa shape index (κ2) is 9.96. The summed E-state index contributed by atoms with van der Waals surface area (Å²) in [5, 5.41) is 16.4. The van der Waals surface area contributed by atoms with Gasteiger partial charge in [0.05, 0.1) is 0 Å². The molecule has 0 saturated heterocycles. The predicted molar refractivity (Wildman–Crippen MR) is 63.4 cm³/mol. The Morgan fingerprint density at radius 3 is 1.19 bits per heavy atom. The number of carboxylic acid groups (broad SMARTS) is 2. The molecule has 0 aromatic rings. The zero-order valence-electron chi connectivity index (χ0n) is 9.95. The van der Waals surface area contributed by atoms with Crippen LogP contribution < -0.4 is 0 Å². The number of carbonyl (C=O) groups is 2. The molecule has 0 aliphatic heterocycles. The van der Waals surface area contributed by atoms with Gasteiger partial charge in [-0.1, -0.05) is 39.8 Å². The second-order valence-electron chi connectivity index (χ2n) is 3.32. The molecule has 0 atom stereocenters. The third kappa shape index (κ3) is 10.5. The number of carboxylic acids is 2. The fourth-order valence-corrected chi connectivity index (χ4v) is 0.817. The van der Waals surface area contributed by atoms with Gasteiger partial charge in [-0.15, -0.1) is 0 Å². The normalized spacial score (nSPS) is 8.62. The lowest BCUT2D eigenvalue weighted by Crippen LogP contribution is -1.97. The molecule has 16 heavy (non-hydrogen) atoms. The lowest BCUT2D eigenvalue weighted by Gasteiger charge is -1.92. The summed E-state index contributed by atoms with van der Waals surface area (Å²) in [7, 11) is 0. The van der Waals surface area contributed by atoms with E-state index in [0.717, 1.165) is 12.8 Å². The molecule has 0 rings (SSSR count). The fraction of sp³-hybridized carbons (Fsp3) is 0.500. The van der Waals surface area contributed by atoms with Crippen molar-refractivity contribution in [1.82, 2.24) is 0 Å². The first-order valence-electron chi connectivity index (χ1n) is 5.18. The quantitative estimate of drug-likeness (QED) is 0.685. The van der Waals surface area contributed by atoms with Crippen molar-refractivity contribution in [2.45, 2.75) is 39.5 Å². The van der Waals surface area contributed by atoms with E-state index < -0.39 is 11.9 Å². The van der Waals surface area contributed by atoms with E-state index in [0.29, 0.717) is 24.0 Å². The number of hydrogen-bond donors (Lipinski definition) is 2. The molecule has 0 saturated carbocycles. The van der Waals surface area contributed by atoms with Gasteiger partial charge in [-0.25, -0.2) is 9.59 Å². The summed E-state index contributed by atoms with van der Waals surface area (Å²) in [6.07, 6.45) is 2.89. The second-order valence-corrected chi connectivity index (χ2v) is 3.32. The van der Waals surface area contributed by atoms with Crippen molar-refractivity contribution in [3.05, 3.63) is 24.3 Å². The Balaban J connectivity index is 0. The maximum Gasteiger partial charge on any atom is 0.330 e. The van der Waals surface area contributed by atoms with E-state index >= 15 is 0 Å². The first-order chi connectivity index (χ1) is 7.36. The van der Waals surface area contributed by atoms with Gasteiger partial charge in [-0.2, -0.15) is 0 Å². The highest BCUT2D eigenvalue weighted by molar-refractivity contribution is 5.85. The van der Waals surface area contributed by atoms with Crippen LogP contribution in [0.1, 0.15) is 39.5 Å². The Kier molecular flexibility index (Phi) is 10.5. The summed E-state index contributed by atoms with van der Waals surface area (Å²) in [5.74, 6) is -1.77. The monoisotopic (exact) mass is 228 g/mol. The highest BCUT2D eigenvalue weighted by Gasteiger charge is 1.99. The van der Waals surface area contributed by atoms with Gasteiger partial charge in [0.1, 0.15) is 0 Å². The summed E-state index contributed by atoms with van der Waals surface area (Å²) < 4.78 is 0. The highest BCUT2D eigenvalue weighted by Crippen LogP contribution is 2.00. The van der Waals surface area contributed by atoms with Gasteiger partial charge >= 0.3 is 11.9 Å². The predicted octanol–water partition coefficient (Wildman–Crippen LogP) is 2.85. The van der Waals surface area contributed by atoms with Gasteiger partial charge in [0.2, 0.25) is 0 Å². The Morgan fingerprint density at radius 2 is 1.12 bits per heavy atom. The van der Waals surface area contributed by atoms with Gasteiger partial charge in [-0.05, 0) is 12.8 Å². The Morgan fingerprint density at radius 1 is 0.875 bits per heavy atom. The van der Waals surface area contributed by atoms with Crippen LogP contribution in [0.5, 0.6) is 0 Å². The average molecular weight is 228 g/mol. The molecule has 0 aliphatic rings. The Labute approximate surface area is 96.3 Å². The van der Waals surface area contributed by atoms with Crippen molar-refractivity contribution in [2.24, 2.45) is 0 Å². The van der Waals surface area contributed by atoms with Crippen molar-refractivity contribution >= 4 is 11.9 Å². The minimum Gasteiger partial charge on any atom is -0.478 e. The Hall–Kier alpha value is -1.58. The molecule has 0 spiro atoms. The van der Waals surface area contributed by atoms with Gasteiger partial charge in [-0.3, -0.25) is 0 Å². The van der Waals surface area contributed by atoms with Crippen LogP contribution >= 0.6 is 0 Å². The molecule has 4 heteroatoms. The fourth-order valence-electron chi connectivity index (χ4n) is 0.817. The van der Waals surface area contributed by atoms with Gasteiger partial charge < -0.3 is 10.2 Å². The molecule has 92 valence electrons. The summed E-state index contributed by atoms with van der Waals surface area (Å²) in [6, 6.07) is 0. The molecule has 0 amide bonds. The smallest absolute Gasteiger partial charge is 0.330 e. The minimum atomic E-state index is -0.883. The van der Waals surface area contributed by atoms with Crippen molar-refractivity contribution in [2.75, 3.05) is 0 Å². The van der Waals surface area contributed by atoms with Crippen molar-refractivity contribution in [3.8, 4) is 0 Å². The van der Waals surface area contributed by atoms with Gasteiger partial charge in [0, 0.05) is 11.1 Å². The van der Waals surface area contributed by atoms with E-state index in [1.54, 1.807) is 0 Å². The molecule has 0 aliphatic carbocycles. The number of hydrogen-bond acceptors (Lipinski definition) is 2. The summed E-state index contributed by atoms with van der Waals surface area (Å²) in [6.45, 7) is 10.5. The molecular weight excluding hydrogens is 208 g/mol. The third-order valence-corrected chi connectivity index (χ3v) is 1.71. The lowest BCUT2D eigenvalue weighted by molar-refractivity contribution is -0.133. The standard InChI is InChI=1S/2C6H10O2/c2*1-3-4-5(2)6(7)8/h2*2-4H2,1H3,(H,7,8). The van der Waals surface area contributed by atoms with Crippen LogP contribution in [0.2, 0.25) is 0 Å². The zero-order chi connectivity index (χ0) is 13.1. The minimum absolute atomic E-state index is 0.299. The largest absolute Gasteiger partial charge is 0.478 e. The lowest BCUT2D eigenvalue weighted by atomic mass is 10.2. The van der Waals surface area contributed by atoms with Crippen molar-refractivity contribution in [1.29, 1.82) is 0 Å². The molecule has 0 aromatic carbocycles. The van der Waals surface area contributed by atoms with Crippen LogP contribution in [-0.4, -0.2) is 22.2 Å². The van der Waals surface area contributed by atoms with Crippen LogP contribution in [0.15, 0.2) is 24.3 Å². The van der Waals surface area contributed by atoms with E-state index in [-0.39, 0.29) is 0 Å². The molecule has 2 N–H and O–H groups in total. The molecule has 4 nitrogen and oxygen atoms in total. The molecule has 0 bridgehead atoms. The van der Waals surface area contributed by atoms with Crippen LogP contribution in [0.4, 0.5) is 0 Å². The molecule has 0 aromatic heterocycles. The SMILES string of the molecule is C=C(CCC)C(=O)O.C=C(CCC)C(=O)O. The van der Waals surface area contributed by atoms with Crippen molar-refractivity contribution < 1.29 is 19.8 Å². The van der Waals surface area contributed by atoms with Gasteiger partial charge in [0.15, 0.2) is 0 Å². The first-order valence-corrected chi connectivity index (χ1v) is 5.18. The maximum atomic E-state index is 9.99.